The molecule has 3 aromatic rings. The number of nitrogens with zero attached hydrogens (tertiary/aromatic N) is 2. The van der Waals surface area contributed by atoms with Gasteiger partial charge in [-0.1, -0.05) is 11.6 Å². The fraction of sp³-hybridized carbons (Fsp3) is 0.0909. The Balaban J connectivity index is 2.62. The van der Waals surface area contributed by atoms with E-state index in [1.165, 1.54) is 0 Å². The minimum Gasteiger partial charge on any atom is -0.256 e. The first-order valence-electron chi connectivity index (χ1n) is 4.56. The van der Waals surface area contributed by atoms with Crippen molar-refractivity contribution in [2.45, 2.75) is 6.92 Å². The lowest BCUT2D eigenvalue weighted by Gasteiger charge is -1.99. The zero-order chi connectivity index (χ0) is 10.4. The van der Waals surface area contributed by atoms with Gasteiger partial charge in [-0.3, -0.25) is 4.98 Å². The van der Waals surface area contributed by atoms with Gasteiger partial charge >= 0.3 is 0 Å². The van der Waals surface area contributed by atoms with E-state index in [0.29, 0.717) is 0 Å². The van der Waals surface area contributed by atoms with Gasteiger partial charge in [-0.25, -0.2) is 4.98 Å². The molecule has 0 atom stereocenters. The van der Waals surface area contributed by atoms with Crippen LogP contribution in [0.2, 0.25) is 5.02 Å². The summed E-state index contributed by atoms with van der Waals surface area (Å²) in [5.41, 5.74) is 1.87. The van der Waals surface area contributed by atoms with Gasteiger partial charge in [0.25, 0.3) is 0 Å². The van der Waals surface area contributed by atoms with Crippen molar-refractivity contribution >= 4 is 44.1 Å². The van der Waals surface area contributed by atoms with Crippen molar-refractivity contribution in [3.05, 3.63) is 34.4 Å². The maximum atomic E-state index is 6.17. The first kappa shape index (κ1) is 9.07. The van der Waals surface area contributed by atoms with Crippen LogP contribution in [0.1, 0.15) is 5.01 Å². The topological polar surface area (TPSA) is 25.8 Å². The van der Waals surface area contributed by atoms with Gasteiger partial charge < -0.3 is 0 Å². The van der Waals surface area contributed by atoms with Crippen molar-refractivity contribution in [2.75, 3.05) is 0 Å². The van der Waals surface area contributed by atoms with E-state index in [0.717, 1.165) is 31.1 Å². The lowest BCUT2D eigenvalue weighted by Crippen LogP contribution is -1.80. The summed E-state index contributed by atoms with van der Waals surface area (Å²) in [5, 5.41) is 2.73. The summed E-state index contributed by atoms with van der Waals surface area (Å²) >= 11 is 7.85. The van der Waals surface area contributed by atoms with Crippen LogP contribution in [-0.2, 0) is 0 Å². The number of hydrogen-bond donors (Lipinski definition) is 0. The molecule has 0 saturated heterocycles. The molecular formula is C11H7ClN2S. The molecule has 0 amide bonds. The minimum atomic E-state index is 0.718. The zero-order valence-electron chi connectivity index (χ0n) is 7.99. The van der Waals surface area contributed by atoms with E-state index in [-0.39, 0.29) is 0 Å². The predicted molar refractivity (Wildman–Crippen MR) is 64.7 cm³/mol. The van der Waals surface area contributed by atoms with Crippen molar-refractivity contribution < 1.29 is 0 Å². The highest BCUT2D eigenvalue weighted by Crippen LogP contribution is 2.32. The minimum absolute atomic E-state index is 0.718. The largest absolute Gasteiger partial charge is 0.256 e. The first-order chi connectivity index (χ1) is 7.25. The van der Waals surface area contributed by atoms with E-state index in [1.54, 1.807) is 23.6 Å². The number of rotatable bonds is 0. The van der Waals surface area contributed by atoms with Gasteiger partial charge in [0.15, 0.2) is 0 Å². The summed E-state index contributed by atoms with van der Waals surface area (Å²) in [4.78, 5) is 8.78. The molecule has 0 aliphatic heterocycles. The lowest BCUT2D eigenvalue weighted by atomic mass is 10.2. The maximum Gasteiger partial charge on any atom is 0.0924 e. The Morgan fingerprint density at radius 2 is 2.13 bits per heavy atom. The number of fused-ring (bicyclic) bond motifs is 3. The predicted octanol–water partition coefficient (Wildman–Crippen LogP) is 3.81. The molecule has 3 rings (SSSR count). The normalized spacial score (nSPS) is 11.3. The van der Waals surface area contributed by atoms with Crippen LogP contribution in [0.25, 0.3) is 21.1 Å². The molecule has 0 radical (unpaired) electrons. The van der Waals surface area contributed by atoms with Crippen molar-refractivity contribution in [3.63, 3.8) is 0 Å². The first-order valence-corrected chi connectivity index (χ1v) is 5.75. The highest BCUT2D eigenvalue weighted by Gasteiger charge is 2.08. The standard InChI is InChI=1S/C11H7ClN2S/c1-6-14-11-9(15-6)3-2-8-10(11)7(12)4-5-13-8/h2-5H,1H3. The molecule has 0 saturated carbocycles. The smallest absolute Gasteiger partial charge is 0.0924 e. The van der Waals surface area contributed by atoms with Crippen molar-refractivity contribution in [2.24, 2.45) is 0 Å². The van der Waals surface area contributed by atoms with E-state index >= 15 is 0 Å². The average molecular weight is 235 g/mol. The second kappa shape index (κ2) is 3.15. The Kier molecular flexibility index (Phi) is 1.90. The van der Waals surface area contributed by atoms with Gasteiger partial charge in [0, 0.05) is 11.6 Å². The van der Waals surface area contributed by atoms with Crippen LogP contribution >= 0.6 is 22.9 Å². The molecule has 0 fully saturated rings. The molecule has 0 N–H and O–H groups in total. The molecule has 0 aliphatic carbocycles. The highest BCUT2D eigenvalue weighted by atomic mass is 35.5. The Bertz CT molecular complexity index is 660. The fourth-order valence-electron chi connectivity index (χ4n) is 1.70. The Hall–Kier alpha value is -1.19. The van der Waals surface area contributed by atoms with Gasteiger partial charge in [-0.2, -0.15) is 0 Å². The third-order valence-electron chi connectivity index (χ3n) is 2.32. The summed E-state index contributed by atoms with van der Waals surface area (Å²) in [6, 6.07) is 5.84. The van der Waals surface area contributed by atoms with Crippen LogP contribution < -0.4 is 0 Å². The highest BCUT2D eigenvalue weighted by molar-refractivity contribution is 7.18. The molecule has 0 aliphatic rings. The molecule has 2 nitrogen and oxygen atoms in total. The Morgan fingerprint density at radius 3 is 3.00 bits per heavy atom. The van der Waals surface area contributed by atoms with Gasteiger partial charge in [0.05, 0.1) is 25.8 Å². The molecule has 2 heterocycles. The third kappa shape index (κ3) is 1.31. The summed E-state index contributed by atoms with van der Waals surface area (Å²) in [6.45, 7) is 2.00. The second-order valence-corrected chi connectivity index (χ2v) is 4.97. The number of pyridine rings is 1. The van der Waals surface area contributed by atoms with Gasteiger partial charge in [-0.15, -0.1) is 11.3 Å². The number of aromatic nitrogens is 2. The third-order valence-corrected chi connectivity index (χ3v) is 3.57. The van der Waals surface area contributed by atoms with Crippen molar-refractivity contribution in [3.8, 4) is 0 Å². The van der Waals surface area contributed by atoms with Crippen LogP contribution in [0.4, 0.5) is 0 Å². The van der Waals surface area contributed by atoms with Crippen molar-refractivity contribution in [1.29, 1.82) is 0 Å². The maximum absolute atomic E-state index is 6.17. The zero-order valence-corrected chi connectivity index (χ0v) is 9.56. The molecule has 1 aromatic carbocycles. The molecule has 0 unspecified atom stereocenters. The molecular weight excluding hydrogens is 228 g/mol. The number of aryl methyl sites for hydroxylation is 1. The molecule has 74 valence electrons. The van der Waals surface area contributed by atoms with Crippen LogP contribution in [0.15, 0.2) is 24.4 Å². The summed E-state index contributed by atoms with van der Waals surface area (Å²) in [5.74, 6) is 0. The molecule has 0 spiro atoms. The summed E-state index contributed by atoms with van der Waals surface area (Å²) in [6.07, 6.45) is 1.72. The number of thiazole rings is 1. The van der Waals surface area contributed by atoms with E-state index in [1.807, 2.05) is 19.1 Å². The van der Waals surface area contributed by atoms with Crippen molar-refractivity contribution in [1.82, 2.24) is 9.97 Å². The van der Waals surface area contributed by atoms with Gasteiger partial charge in [-0.05, 0) is 25.1 Å². The second-order valence-electron chi connectivity index (χ2n) is 3.33. The SMILES string of the molecule is Cc1nc2c(ccc3nccc(Cl)c32)s1. The van der Waals surface area contributed by atoms with Crippen LogP contribution in [-0.4, -0.2) is 9.97 Å². The van der Waals surface area contributed by atoms with E-state index in [2.05, 4.69) is 9.97 Å². The average Bonchev–Trinajstić information content (AvgIpc) is 2.58. The van der Waals surface area contributed by atoms with Crippen LogP contribution in [0.3, 0.4) is 0 Å². The Labute approximate surface area is 95.5 Å². The molecule has 2 aromatic heterocycles. The number of halogens is 1. The fourth-order valence-corrected chi connectivity index (χ4v) is 2.78. The quantitative estimate of drug-likeness (QED) is 0.591. The van der Waals surface area contributed by atoms with E-state index < -0.39 is 0 Å². The van der Waals surface area contributed by atoms with Crippen LogP contribution in [0, 0.1) is 6.92 Å². The Morgan fingerprint density at radius 1 is 1.27 bits per heavy atom. The summed E-state index contributed by atoms with van der Waals surface area (Å²) < 4.78 is 1.16. The molecule has 4 heteroatoms. The lowest BCUT2D eigenvalue weighted by molar-refractivity contribution is 1.35. The molecule has 15 heavy (non-hydrogen) atoms. The van der Waals surface area contributed by atoms with E-state index in [4.69, 9.17) is 11.6 Å². The number of hydrogen-bond acceptors (Lipinski definition) is 3. The molecule has 0 bridgehead atoms. The van der Waals surface area contributed by atoms with Gasteiger partial charge in [0.1, 0.15) is 0 Å². The summed E-state index contributed by atoms with van der Waals surface area (Å²) in [7, 11) is 0. The van der Waals surface area contributed by atoms with Crippen LogP contribution in [0.5, 0.6) is 0 Å². The van der Waals surface area contributed by atoms with Gasteiger partial charge in [0.2, 0.25) is 0 Å². The monoisotopic (exact) mass is 234 g/mol. The number of benzene rings is 1. The van der Waals surface area contributed by atoms with E-state index in [9.17, 15) is 0 Å².